The third-order valence-corrected chi connectivity index (χ3v) is 3.84. The zero-order chi connectivity index (χ0) is 14.1. The minimum Gasteiger partial charge on any atom is -0.478 e. The van der Waals surface area contributed by atoms with Gasteiger partial charge in [-0.25, -0.2) is 14.5 Å². The predicted octanol–water partition coefficient (Wildman–Crippen LogP) is 3.46. The van der Waals surface area contributed by atoms with E-state index in [9.17, 15) is 9.90 Å². The second kappa shape index (κ2) is 5.18. The van der Waals surface area contributed by atoms with Gasteiger partial charge in [-0.15, -0.1) is 0 Å². The van der Waals surface area contributed by atoms with Crippen molar-refractivity contribution in [3.63, 3.8) is 0 Å². The lowest BCUT2D eigenvalue weighted by molar-refractivity contribution is 0.0697. The van der Waals surface area contributed by atoms with Crippen LogP contribution >= 0.6 is 27.3 Å². The minimum atomic E-state index is -1.01. The molecule has 3 rings (SSSR count). The SMILES string of the molecule is O=C(O)c1cn(-c2ccc(Br)cn2)nc1-c1ccsc1. The molecule has 5 nitrogen and oxygen atoms in total. The van der Waals surface area contributed by atoms with Crippen molar-refractivity contribution in [1.82, 2.24) is 14.8 Å². The van der Waals surface area contributed by atoms with E-state index in [1.165, 1.54) is 22.2 Å². The Labute approximate surface area is 126 Å². The normalized spacial score (nSPS) is 10.7. The number of halogens is 1. The number of carboxylic acid groups (broad SMARTS) is 1. The van der Waals surface area contributed by atoms with Gasteiger partial charge in [0, 0.05) is 27.8 Å². The largest absolute Gasteiger partial charge is 0.478 e. The maximum absolute atomic E-state index is 11.3. The van der Waals surface area contributed by atoms with E-state index >= 15 is 0 Å². The summed E-state index contributed by atoms with van der Waals surface area (Å²) in [4.78, 5) is 15.5. The van der Waals surface area contributed by atoms with Crippen molar-refractivity contribution in [3.05, 3.63) is 51.4 Å². The quantitative estimate of drug-likeness (QED) is 0.786. The first-order valence-electron chi connectivity index (χ1n) is 5.62. The second-order valence-corrected chi connectivity index (χ2v) is 5.68. The number of carbonyl (C=O) groups is 1. The summed E-state index contributed by atoms with van der Waals surface area (Å²) in [6, 6.07) is 5.44. The lowest BCUT2D eigenvalue weighted by Crippen LogP contribution is -1.97. The monoisotopic (exact) mass is 349 g/mol. The summed E-state index contributed by atoms with van der Waals surface area (Å²) in [7, 11) is 0. The Hall–Kier alpha value is -1.99. The topological polar surface area (TPSA) is 68.0 Å². The van der Waals surface area contributed by atoms with Crippen molar-refractivity contribution >= 4 is 33.2 Å². The average Bonchev–Trinajstić information content (AvgIpc) is 3.08. The van der Waals surface area contributed by atoms with Gasteiger partial charge in [-0.05, 0) is 39.5 Å². The molecule has 0 spiro atoms. The second-order valence-electron chi connectivity index (χ2n) is 3.99. The molecule has 1 N–H and O–H groups in total. The maximum atomic E-state index is 11.3. The van der Waals surface area contributed by atoms with Crippen molar-refractivity contribution in [2.75, 3.05) is 0 Å². The summed E-state index contributed by atoms with van der Waals surface area (Å²) in [5.74, 6) is -0.438. The number of thiophene rings is 1. The van der Waals surface area contributed by atoms with Gasteiger partial charge in [0.2, 0.25) is 0 Å². The Morgan fingerprint density at radius 3 is 2.80 bits per heavy atom. The van der Waals surface area contributed by atoms with Gasteiger partial charge in [-0.1, -0.05) is 0 Å². The van der Waals surface area contributed by atoms with Crippen LogP contribution in [-0.4, -0.2) is 25.8 Å². The molecule has 0 fully saturated rings. The molecule has 100 valence electrons. The molecule has 0 aliphatic rings. The Morgan fingerprint density at radius 1 is 1.35 bits per heavy atom. The fourth-order valence-electron chi connectivity index (χ4n) is 1.76. The Balaban J connectivity index is 2.12. The highest BCUT2D eigenvalue weighted by Crippen LogP contribution is 2.25. The van der Waals surface area contributed by atoms with Crippen molar-refractivity contribution in [3.8, 4) is 17.1 Å². The van der Waals surface area contributed by atoms with Gasteiger partial charge in [0.05, 0.1) is 0 Å². The van der Waals surface area contributed by atoms with Crippen LogP contribution in [0.1, 0.15) is 10.4 Å². The lowest BCUT2D eigenvalue weighted by Gasteiger charge is -1.99. The van der Waals surface area contributed by atoms with Gasteiger partial charge in [0.15, 0.2) is 5.82 Å². The van der Waals surface area contributed by atoms with Crippen LogP contribution in [0.15, 0.2) is 45.8 Å². The molecule has 0 bridgehead atoms. The van der Waals surface area contributed by atoms with Crippen LogP contribution < -0.4 is 0 Å². The van der Waals surface area contributed by atoms with Crippen LogP contribution in [-0.2, 0) is 0 Å². The van der Waals surface area contributed by atoms with Gasteiger partial charge in [-0.2, -0.15) is 16.4 Å². The van der Waals surface area contributed by atoms with Gasteiger partial charge in [-0.3, -0.25) is 0 Å². The number of carboxylic acids is 1. The molecule has 0 unspecified atom stereocenters. The van der Waals surface area contributed by atoms with Crippen molar-refractivity contribution in [2.45, 2.75) is 0 Å². The molecule has 3 heterocycles. The Morgan fingerprint density at radius 2 is 2.20 bits per heavy atom. The van der Waals surface area contributed by atoms with Crippen molar-refractivity contribution in [2.24, 2.45) is 0 Å². The minimum absolute atomic E-state index is 0.160. The molecule has 0 saturated carbocycles. The van der Waals surface area contributed by atoms with E-state index in [-0.39, 0.29) is 5.56 Å². The first-order chi connectivity index (χ1) is 9.65. The first kappa shape index (κ1) is 13.0. The number of rotatable bonds is 3. The summed E-state index contributed by atoms with van der Waals surface area (Å²) in [5, 5.41) is 17.4. The summed E-state index contributed by atoms with van der Waals surface area (Å²) in [5.41, 5.74) is 1.40. The number of pyridine rings is 1. The molecule has 20 heavy (non-hydrogen) atoms. The Kier molecular flexibility index (Phi) is 3.37. The van der Waals surface area contributed by atoms with Gasteiger partial charge >= 0.3 is 5.97 Å². The summed E-state index contributed by atoms with van der Waals surface area (Å²) in [6.45, 7) is 0. The fourth-order valence-corrected chi connectivity index (χ4v) is 2.64. The maximum Gasteiger partial charge on any atom is 0.339 e. The summed E-state index contributed by atoms with van der Waals surface area (Å²) >= 11 is 4.81. The molecule has 0 atom stereocenters. The number of aromatic carboxylic acids is 1. The summed E-state index contributed by atoms with van der Waals surface area (Å²) in [6.07, 6.45) is 3.12. The molecule has 0 amide bonds. The molecule has 0 aliphatic carbocycles. The predicted molar refractivity (Wildman–Crippen MR) is 79.3 cm³/mol. The highest BCUT2D eigenvalue weighted by Gasteiger charge is 2.18. The van der Waals surface area contributed by atoms with Gasteiger partial charge < -0.3 is 5.11 Å². The van der Waals surface area contributed by atoms with Crippen molar-refractivity contribution in [1.29, 1.82) is 0 Å². The summed E-state index contributed by atoms with van der Waals surface area (Å²) < 4.78 is 2.33. The van der Waals surface area contributed by atoms with E-state index in [0.717, 1.165) is 10.0 Å². The smallest absolute Gasteiger partial charge is 0.339 e. The molecular formula is C13H8BrN3O2S. The third kappa shape index (κ3) is 2.37. The molecular weight excluding hydrogens is 342 g/mol. The molecule has 0 radical (unpaired) electrons. The van der Waals surface area contributed by atoms with Crippen LogP contribution in [0.4, 0.5) is 0 Å². The van der Waals surface area contributed by atoms with Gasteiger partial charge in [0.1, 0.15) is 11.3 Å². The molecule has 3 aromatic heterocycles. The third-order valence-electron chi connectivity index (χ3n) is 2.69. The van der Waals surface area contributed by atoms with E-state index < -0.39 is 5.97 Å². The zero-order valence-corrected chi connectivity index (χ0v) is 12.4. The average molecular weight is 350 g/mol. The number of aromatic nitrogens is 3. The molecule has 0 aliphatic heterocycles. The molecule has 3 aromatic rings. The molecule has 7 heteroatoms. The van der Waals surface area contributed by atoms with E-state index in [1.807, 2.05) is 22.9 Å². The van der Waals surface area contributed by atoms with Crippen molar-refractivity contribution < 1.29 is 9.90 Å². The van der Waals surface area contributed by atoms with Crippen LogP contribution in [0.2, 0.25) is 0 Å². The van der Waals surface area contributed by atoms with Crippen LogP contribution in [0.25, 0.3) is 17.1 Å². The number of hydrogen-bond donors (Lipinski definition) is 1. The van der Waals surface area contributed by atoms with E-state index in [2.05, 4.69) is 26.0 Å². The van der Waals surface area contributed by atoms with E-state index in [1.54, 1.807) is 12.3 Å². The lowest BCUT2D eigenvalue weighted by atomic mass is 10.1. The highest BCUT2D eigenvalue weighted by molar-refractivity contribution is 9.10. The number of nitrogens with zero attached hydrogens (tertiary/aromatic N) is 3. The Bertz CT molecular complexity index is 751. The molecule has 0 aromatic carbocycles. The van der Waals surface area contributed by atoms with Gasteiger partial charge in [0.25, 0.3) is 0 Å². The van der Waals surface area contributed by atoms with Crippen LogP contribution in [0.5, 0.6) is 0 Å². The van der Waals surface area contributed by atoms with E-state index in [0.29, 0.717) is 11.5 Å². The van der Waals surface area contributed by atoms with Crippen LogP contribution in [0, 0.1) is 0 Å². The number of hydrogen-bond acceptors (Lipinski definition) is 4. The highest BCUT2D eigenvalue weighted by atomic mass is 79.9. The first-order valence-corrected chi connectivity index (χ1v) is 7.36. The standard InChI is InChI=1S/C13H8BrN3O2S/c14-9-1-2-11(15-5-9)17-6-10(13(18)19)12(16-17)8-3-4-20-7-8/h1-7H,(H,18,19). The van der Waals surface area contributed by atoms with E-state index in [4.69, 9.17) is 0 Å². The fraction of sp³-hybridized carbons (Fsp3) is 0. The van der Waals surface area contributed by atoms with Crippen LogP contribution in [0.3, 0.4) is 0 Å². The molecule has 0 saturated heterocycles. The zero-order valence-electron chi connectivity index (χ0n) is 10.0.